The standard InChI is InChI=1S/C26H32N4O5S/c1-28(11-14-34-2)17-19-7-9-20(10-8-19)30-25-21-5-3-4-6-23(21)36(32,33)18-22(25)24(27-30)26(31)29-12-15-35-16-13-29/h3-10,32-33H,11-18H2,1-2H3. The molecule has 1 aromatic heterocycles. The zero-order valence-corrected chi connectivity index (χ0v) is 21.4. The maximum absolute atomic E-state index is 13.5. The van der Waals surface area contributed by atoms with Gasteiger partial charge in [0.1, 0.15) is 0 Å². The minimum absolute atomic E-state index is 0.0346. The Morgan fingerprint density at radius 3 is 2.58 bits per heavy atom. The number of amides is 1. The van der Waals surface area contributed by atoms with Gasteiger partial charge in [0.05, 0.1) is 41.9 Å². The fraction of sp³-hybridized carbons (Fsp3) is 0.385. The molecule has 1 fully saturated rings. The highest BCUT2D eigenvalue weighted by molar-refractivity contribution is 8.23. The minimum atomic E-state index is -3.10. The van der Waals surface area contributed by atoms with Crippen molar-refractivity contribution >= 4 is 16.5 Å². The van der Waals surface area contributed by atoms with Gasteiger partial charge in [-0.1, -0.05) is 30.3 Å². The van der Waals surface area contributed by atoms with E-state index in [-0.39, 0.29) is 17.4 Å². The largest absolute Gasteiger partial charge is 0.383 e. The van der Waals surface area contributed by atoms with Gasteiger partial charge in [0.15, 0.2) is 5.69 Å². The highest BCUT2D eigenvalue weighted by Crippen LogP contribution is 2.59. The van der Waals surface area contributed by atoms with E-state index < -0.39 is 10.6 Å². The summed E-state index contributed by atoms with van der Waals surface area (Å²) in [6.07, 6.45) is 0. The van der Waals surface area contributed by atoms with Gasteiger partial charge in [-0.3, -0.25) is 18.8 Å². The van der Waals surface area contributed by atoms with Gasteiger partial charge in [-0.15, -0.1) is 0 Å². The molecule has 1 amide bonds. The predicted octanol–water partition coefficient (Wildman–Crippen LogP) is 3.71. The Hall–Kier alpha value is -2.73. The van der Waals surface area contributed by atoms with Crippen LogP contribution in [0.4, 0.5) is 0 Å². The van der Waals surface area contributed by atoms with E-state index >= 15 is 0 Å². The van der Waals surface area contributed by atoms with E-state index in [9.17, 15) is 13.9 Å². The Bertz CT molecular complexity index is 1240. The van der Waals surface area contributed by atoms with E-state index in [0.29, 0.717) is 48.9 Å². The zero-order chi connectivity index (χ0) is 25.3. The van der Waals surface area contributed by atoms with Gasteiger partial charge in [0.2, 0.25) is 0 Å². The third-order valence-electron chi connectivity index (χ3n) is 6.63. The number of hydrogen-bond acceptors (Lipinski definition) is 7. The van der Waals surface area contributed by atoms with Crippen LogP contribution in [-0.4, -0.2) is 88.2 Å². The summed E-state index contributed by atoms with van der Waals surface area (Å²) in [5.74, 6) is -0.244. The van der Waals surface area contributed by atoms with Gasteiger partial charge >= 0.3 is 0 Å². The molecule has 3 heterocycles. The highest BCUT2D eigenvalue weighted by Gasteiger charge is 2.37. The third kappa shape index (κ3) is 4.80. The molecule has 0 spiro atoms. The van der Waals surface area contributed by atoms with Gasteiger partial charge in [-0.25, -0.2) is 4.68 Å². The van der Waals surface area contributed by atoms with Gasteiger partial charge in [0.25, 0.3) is 5.91 Å². The van der Waals surface area contributed by atoms with Crippen molar-refractivity contribution in [3.8, 4) is 16.9 Å². The average molecular weight is 513 g/mol. The fourth-order valence-electron chi connectivity index (χ4n) is 4.75. The molecule has 0 aliphatic carbocycles. The number of morpholine rings is 1. The molecule has 192 valence electrons. The van der Waals surface area contributed by atoms with Crippen molar-refractivity contribution in [3.63, 3.8) is 0 Å². The number of aromatic nitrogens is 2. The molecule has 0 atom stereocenters. The van der Waals surface area contributed by atoms with Crippen LogP contribution in [0.5, 0.6) is 0 Å². The predicted molar refractivity (Wildman–Crippen MR) is 139 cm³/mol. The van der Waals surface area contributed by atoms with E-state index in [4.69, 9.17) is 14.6 Å². The molecule has 2 N–H and O–H groups in total. The van der Waals surface area contributed by atoms with Gasteiger partial charge < -0.3 is 14.4 Å². The molecule has 2 aliphatic heterocycles. The molecule has 0 saturated carbocycles. The Morgan fingerprint density at radius 1 is 1.14 bits per heavy atom. The molecule has 36 heavy (non-hydrogen) atoms. The second kappa shape index (κ2) is 10.3. The van der Waals surface area contributed by atoms with Crippen LogP contribution >= 0.6 is 10.6 Å². The summed E-state index contributed by atoms with van der Waals surface area (Å²) in [5.41, 5.74) is 4.23. The molecule has 2 aromatic carbocycles. The fourth-order valence-corrected chi connectivity index (χ4v) is 6.39. The number of nitrogens with zero attached hydrogens (tertiary/aromatic N) is 4. The summed E-state index contributed by atoms with van der Waals surface area (Å²) in [6.45, 7) is 4.22. The maximum Gasteiger partial charge on any atom is 0.274 e. The van der Waals surface area contributed by atoms with E-state index in [1.807, 2.05) is 24.3 Å². The summed E-state index contributed by atoms with van der Waals surface area (Å²) < 4.78 is 34.3. The first kappa shape index (κ1) is 24.9. The van der Waals surface area contributed by atoms with Crippen molar-refractivity contribution in [2.24, 2.45) is 0 Å². The van der Waals surface area contributed by atoms with E-state index in [2.05, 4.69) is 24.1 Å². The van der Waals surface area contributed by atoms with Crippen LogP contribution in [0.3, 0.4) is 0 Å². The van der Waals surface area contributed by atoms with Gasteiger partial charge in [-0.05, 0) is 30.8 Å². The molecule has 0 bridgehead atoms. The highest BCUT2D eigenvalue weighted by atomic mass is 32.3. The topological polar surface area (TPSA) is 100 Å². The second-order valence-corrected chi connectivity index (χ2v) is 11.3. The van der Waals surface area contributed by atoms with Crippen LogP contribution in [0.15, 0.2) is 53.4 Å². The van der Waals surface area contributed by atoms with Crippen molar-refractivity contribution in [2.45, 2.75) is 17.2 Å². The van der Waals surface area contributed by atoms with Crippen LogP contribution < -0.4 is 0 Å². The average Bonchev–Trinajstić information content (AvgIpc) is 3.26. The number of ether oxygens (including phenoxy) is 2. The number of fused-ring (bicyclic) bond motifs is 3. The lowest BCUT2D eigenvalue weighted by molar-refractivity contribution is 0.0298. The Morgan fingerprint density at radius 2 is 1.86 bits per heavy atom. The number of hydrogen-bond donors (Lipinski definition) is 2. The molecule has 9 nitrogen and oxygen atoms in total. The van der Waals surface area contributed by atoms with Crippen LogP contribution in [0.25, 0.3) is 16.9 Å². The number of likely N-dealkylation sites (N-methyl/N-ethyl adjacent to an activating group) is 1. The van der Waals surface area contributed by atoms with Gasteiger partial charge in [0, 0.05) is 44.4 Å². The Labute approximate surface area is 212 Å². The van der Waals surface area contributed by atoms with Crippen molar-refractivity contribution in [1.29, 1.82) is 0 Å². The lowest BCUT2D eigenvalue weighted by Crippen LogP contribution is -2.41. The molecule has 2 aliphatic rings. The maximum atomic E-state index is 13.5. The lowest BCUT2D eigenvalue weighted by atomic mass is 10.0. The molecule has 5 rings (SSSR count). The molecule has 0 radical (unpaired) electrons. The van der Waals surface area contributed by atoms with Crippen LogP contribution in [-0.2, 0) is 21.8 Å². The number of benzene rings is 2. The summed E-state index contributed by atoms with van der Waals surface area (Å²) in [7, 11) is 0.645. The van der Waals surface area contributed by atoms with Crippen molar-refractivity contribution in [1.82, 2.24) is 19.6 Å². The second-order valence-electron chi connectivity index (χ2n) is 9.20. The number of methoxy groups -OCH3 is 1. The Balaban J connectivity index is 1.56. The molecule has 10 heteroatoms. The normalized spacial score (nSPS) is 17.5. The smallest absolute Gasteiger partial charge is 0.274 e. The summed E-state index contributed by atoms with van der Waals surface area (Å²) >= 11 is 0. The van der Waals surface area contributed by atoms with Crippen molar-refractivity contribution in [2.75, 3.05) is 53.6 Å². The molecule has 0 unspecified atom stereocenters. The molecule has 3 aromatic rings. The summed E-state index contributed by atoms with van der Waals surface area (Å²) in [4.78, 5) is 17.9. The first-order valence-electron chi connectivity index (χ1n) is 12.0. The monoisotopic (exact) mass is 512 g/mol. The van der Waals surface area contributed by atoms with Gasteiger partial charge in [-0.2, -0.15) is 15.7 Å². The van der Waals surface area contributed by atoms with E-state index in [0.717, 1.165) is 30.0 Å². The van der Waals surface area contributed by atoms with Crippen LogP contribution in [0, 0.1) is 0 Å². The minimum Gasteiger partial charge on any atom is -0.383 e. The lowest BCUT2D eigenvalue weighted by Gasteiger charge is -2.38. The SMILES string of the molecule is COCCN(C)Cc1ccc(-n2nc(C(=O)N3CCOCC3)c3c2-c2ccccc2S(O)(O)C3)cc1. The van der Waals surface area contributed by atoms with Crippen molar-refractivity contribution in [3.05, 3.63) is 65.4 Å². The molecular formula is C26H32N4O5S. The van der Waals surface area contributed by atoms with Crippen molar-refractivity contribution < 1.29 is 23.4 Å². The Kier molecular flexibility index (Phi) is 7.16. The first-order chi connectivity index (χ1) is 17.4. The van der Waals surface area contributed by atoms with E-state index in [1.165, 1.54) is 0 Å². The van der Waals surface area contributed by atoms with Crippen LogP contribution in [0.1, 0.15) is 21.6 Å². The summed E-state index contributed by atoms with van der Waals surface area (Å²) in [6, 6.07) is 15.4. The molecular weight excluding hydrogens is 480 g/mol. The number of carbonyl (C=O) groups is 1. The quantitative estimate of drug-likeness (QED) is 0.498. The van der Waals surface area contributed by atoms with Crippen LogP contribution in [0.2, 0.25) is 0 Å². The number of rotatable bonds is 7. The zero-order valence-electron chi connectivity index (χ0n) is 20.6. The summed E-state index contributed by atoms with van der Waals surface area (Å²) in [5, 5.41) is 4.78. The van der Waals surface area contributed by atoms with E-state index in [1.54, 1.807) is 28.8 Å². The molecule has 1 saturated heterocycles. The third-order valence-corrected chi connectivity index (χ3v) is 8.39. The first-order valence-corrected chi connectivity index (χ1v) is 13.7. The number of carbonyl (C=O) groups excluding carboxylic acids is 1.